The Bertz CT molecular complexity index is 933. The van der Waals surface area contributed by atoms with Gasteiger partial charge in [-0.2, -0.15) is 0 Å². The van der Waals surface area contributed by atoms with Crippen LogP contribution in [0.1, 0.15) is 16.8 Å². The maximum absolute atomic E-state index is 13.8. The molecule has 2 N–H and O–H groups in total. The van der Waals surface area contributed by atoms with E-state index in [4.69, 9.17) is 0 Å². The zero-order valence-electron chi connectivity index (χ0n) is 15.0. The van der Waals surface area contributed by atoms with Gasteiger partial charge in [-0.05, 0) is 56.3 Å². The van der Waals surface area contributed by atoms with E-state index in [-0.39, 0.29) is 16.5 Å². The highest BCUT2D eigenvalue weighted by Gasteiger charge is 2.27. The highest BCUT2D eigenvalue weighted by molar-refractivity contribution is 7.92. The lowest BCUT2D eigenvalue weighted by molar-refractivity contribution is 0.0787. The number of benzene rings is 2. The molecule has 144 valence electrons. The number of anilines is 1. The number of carbonyl (C=O) groups excluding carboxylic acids is 1. The SMILES string of the molecule is CNCC1CCN(C(=O)c2cccc(S(=O)(=O)Nc3ccccc3F)c2)C1. The fraction of sp³-hybridized carbons (Fsp3) is 0.316. The van der Waals surface area contributed by atoms with Crippen molar-refractivity contribution in [3.8, 4) is 0 Å². The number of para-hydroxylation sites is 1. The number of sulfonamides is 1. The summed E-state index contributed by atoms with van der Waals surface area (Å²) in [4.78, 5) is 14.4. The lowest BCUT2D eigenvalue weighted by atomic mass is 10.1. The van der Waals surface area contributed by atoms with Gasteiger partial charge in [0.05, 0.1) is 10.6 Å². The minimum Gasteiger partial charge on any atom is -0.338 e. The van der Waals surface area contributed by atoms with E-state index < -0.39 is 15.8 Å². The lowest BCUT2D eigenvalue weighted by Crippen LogP contribution is -2.30. The topological polar surface area (TPSA) is 78.5 Å². The minimum atomic E-state index is -4.01. The van der Waals surface area contributed by atoms with Gasteiger partial charge in [0.2, 0.25) is 0 Å². The lowest BCUT2D eigenvalue weighted by Gasteiger charge is -2.17. The highest BCUT2D eigenvalue weighted by Crippen LogP contribution is 2.22. The molecule has 3 rings (SSSR count). The van der Waals surface area contributed by atoms with E-state index in [0.29, 0.717) is 24.6 Å². The Morgan fingerprint density at radius 1 is 1.22 bits per heavy atom. The van der Waals surface area contributed by atoms with Crippen LogP contribution in [0.5, 0.6) is 0 Å². The second-order valence-electron chi connectivity index (χ2n) is 6.58. The molecule has 0 saturated carbocycles. The first-order valence-corrected chi connectivity index (χ1v) is 10.2. The summed E-state index contributed by atoms with van der Waals surface area (Å²) >= 11 is 0. The normalized spacial score (nSPS) is 17.1. The maximum Gasteiger partial charge on any atom is 0.262 e. The number of carbonyl (C=O) groups is 1. The summed E-state index contributed by atoms with van der Waals surface area (Å²) in [7, 11) is -2.13. The number of hydrogen-bond acceptors (Lipinski definition) is 4. The fourth-order valence-corrected chi connectivity index (χ4v) is 4.31. The molecule has 1 aliphatic heterocycles. The summed E-state index contributed by atoms with van der Waals surface area (Å²) in [6.45, 7) is 2.13. The van der Waals surface area contributed by atoms with E-state index in [9.17, 15) is 17.6 Å². The second-order valence-corrected chi connectivity index (χ2v) is 8.26. The first kappa shape index (κ1) is 19.3. The molecular formula is C19H22FN3O3S. The van der Waals surface area contributed by atoms with Crippen LogP contribution in [0.4, 0.5) is 10.1 Å². The van der Waals surface area contributed by atoms with Crippen LogP contribution in [-0.4, -0.2) is 45.9 Å². The Labute approximate surface area is 158 Å². The van der Waals surface area contributed by atoms with Crippen molar-refractivity contribution < 1.29 is 17.6 Å². The van der Waals surface area contributed by atoms with Gasteiger partial charge in [-0.3, -0.25) is 9.52 Å². The van der Waals surface area contributed by atoms with Gasteiger partial charge in [0.1, 0.15) is 5.82 Å². The molecule has 1 amide bonds. The number of amides is 1. The van der Waals surface area contributed by atoms with Crippen molar-refractivity contribution in [3.05, 3.63) is 59.9 Å². The standard InChI is InChI=1S/C19H22FN3O3S/c1-21-12-14-9-10-23(13-14)19(24)15-5-4-6-16(11-15)27(25,26)22-18-8-3-2-7-17(18)20/h2-8,11,14,21-22H,9-10,12-13H2,1H3. The van der Waals surface area contributed by atoms with Crippen molar-refractivity contribution >= 4 is 21.6 Å². The Kier molecular flexibility index (Phi) is 5.76. The van der Waals surface area contributed by atoms with Crippen LogP contribution in [0.25, 0.3) is 0 Å². The fourth-order valence-electron chi connectivity index (χ4n) is 3.20. The summed E-state index contributed by atoms with van der Waals surface area (Å²) in [6.07, 6.45) is 0.916. The van der Waals surface area contributed by atoms with Gasteiger partial charge in [-0.25, -0.2) is 12.8 Å². The molecule has 0 radical (unpaired) electrons. The number of hydrogen-bond donors (Lipinski definition) is 2. The number of nitrogens with zero attached hydrogens (tertiary/aromatic N) is 1. The van der Waals surface area contributed by atoms with Gasteiger partial charge in [-0.15, -0.1) is 0 Å². The van der Waals surface area contributed by atoms with Crippen LogP contribution in [0.2, 0.25) is 0 Å². The van der Waals surface area contributed by atoms with Gasteiger partial charge >= 0.3 is 0 Å². The summed E-state index contributed by atoms with van der Waals surface area (Å²) in [6, 6.07) is 11.4. The van der Waals surface area contributed by atoms with E-state index >= 15 is 0 Å². The van der Waals surface area contributed by atoms with Crippen LogP contribution in [-0.2, 0) is 10.0 Å². The van der Waals surface area contributed by atoms with Crippen LogP contribution in [0, 0.1) is 11.7 Å². The molecule has 1 atom stereocenters. The van der Waals surface area contributed by atoms with Crippen molar-refractivity contribution in [2.24, 2.45) is 5.92 Å². The van der Waals surface area contributed by atoms with Gasteiger partial charge in [0.25, 0.3) is 15.9 Å². The second kappa shape index (κ2) is 8.06. The summed E-state index contributed by atoms with van der Waals surface area (Å²) in [5, 5.41) is 3.11. The molecule has 0 aromatic heterocycles. The van der Waals surface area contributed by atoms with Gasteiger partial charge in [-0.1, -0.05) is 18.2 Å². The van der Waals surface area contributed by atoms with Crippen LogP contribution >= 0.6 is 0 Å². The molecule has 0 bridgehead atoms. The first-order chi connectivity index (χ1) is 12.9. The molecule has 6 nitrogen and oxygen atoms in total. The Morgan fingerprint density at radius 2 is 2.00 bits per heavy atom. The monoisotopic (exact) mass is 391 g/mol. The molecule has 1 unspecified atom stereocenters. The zero-order valence-corrected chi connectivity index (χ0v) is 15.8. The van der Waals surface area contributed by atoms with Crippen LogP contribution < -0.4 is 10.0 Å². The molecule has 2 aromatic rings. The summed E-state index contributed by atoms with van der Waals surface area (Å²) in [5.41, 5.74) is 0.167. The summed E-state index contributed by atoms with van der Waals surface area (Å²) in [5.74, 6) is -0.467. The molecule has 0 aliphatic carbocycles. The molecule has 1 fully saturated rings. The first-order valence-electron chi connectivity index (χ1n) is 8.72. The molecular weight excluding hydrogens is 369 g/mol. The van der Waals surface area contributed by atoms with Crippen LogP contribution in [0.3, 0.4) is 0 Å². The molecule has 2 aromatic carbocycles. The third kappa shape index (κ3) is 4.45. The van der Waals surface area contributed by atoms with Gasteiger partial charge in [0, 0.05) is 18.7 Å². The maximum atomic E-state index is 13.8. The van der Waals surface area contributed by atoms with Crippen molar-refractivity contribution in [1.82, 2.24) is 10.2 Å². The third-order valence-electron chi connectivity index (χ3n) is 4.58. The number of nitrogens with one attached hydrogen (secondary N) is 2. The third-order valence-corrected chi connectivity index (χ3v) is 5.94. The van der Waals surface area contributed by atoms with E-state index in [1.807, 2.05) is 7.05 Å². The predicted octanol–water partition coefficient (Wildman–Crippen LogP) is 2.31. The average Bonchev–Trinajstić information content (AvgIpc) is 3.12. The molecule has 0 spiro atoms. The minimum absolute atomic E-state index is 0.0809. The van der Waals surface area contributed by atoms with Crippen molar-refractivity contribution in [3.63, 3.8) is 0 Å². The average molecular weight is 391 g/mol. The van der Waals surface area contributed by atoms with E-state index in [1.54, 1.807) is 11.0 Å². The van der Waals surface area contributed by atoms with E-state index in [0.717, 1.165) is 13.0 Å². The predicted molar refractivity (Wildman–Crippen MR) is 102 cm³/mol. The Hall–Kier alpha value is -2.45. The molecule has 1 heterocycles. The smallest absolute Gasteiger partial charge is 0.262 e. The van der Waals surface area contributed by atoms with Gasteiger partial charge in [0.15, 0.2) is 0 Å². The number of rotatable bonds is 6. The van der Waals surface area contributed by atoms with Crippen molar-refractivity contribution in [1.29, 1.82) is 0 Å². The molecule has 1 saturated heterocycles. The number of likely N-dealkylation sites (tertiary alicyclic amines) is 1. The Balaban J connectivity index is 1.79. The van der Waals surface area contributed by atoms with Crippen molar-refractivity contribution in [2.45, 2.75) is 11.3 Å². The van der Waals surface area contributed by atoms with E-state index in [1.165, 1.54) is 42.5 Å². The molecule has 8 heteroatoms. The number of halogens is 1. The zero-order chi connectivity index (χ0) is 19.4. The molecule has 27 heavy (non-hydrogen) atoms. The van der Waals surface area contributed by atoms with Crippen molar-refractivity contribution in [2.75, 3.05) is 31.4 Å². The molecule has 1 aliphatic rings. The van der Waals surface area contributed by atoms with E-state index in [2.05, 4.69) is 10.0 Å². The van der Waals surface area contributed by atoms with Gasteiger partial charge < -0.3 is 10.2 Å². The highest BCUT2D eigenvalue weighted by atomic mass is 32.2. The Morgan fingerprint density at radius 3 is 2.74 bits per heavy atom. The largest absolute Gasteiger partial charge is 0.338 e. The van der Waals surface area contributed by atoms with Crippen LogP contribution in [0.15, 0.2) is 53.4 Å². The summed E-state index contributed by atoms with van der Waals surface area (Å²) < 4.78 is 41.1. The quantitative estimate of drug-likeness (QED) is 0.792.